The molecule has 0 radical (unpaired) electrons. The molecule has 0 spiro atoms. The third-order valence-electron chi connectivity index (χ3n) is 6.63. The molecule has 1 aromatic carbocycles. The van der Waals surface area contributed by atoms with Gasteiger partial charge in [0.2, 0.25) is 17.7 Å². The second kappa shape index (κ2) is 12.5. The third-order valence-corrected chi connectivity index (χ3v) is 6.63. The molecule has 1 saturated heterocycles. The summed E-state index contributed by atoms with van der Waals surface area (Å²) < 4.78 is 0. The van der Waals surface area contributed by atoms with E-state index >= 15 is 0 Å². The van der Waals surface area contributed by atoms with Crippen molar-refractivity contribution in [2.75, 3.05) is 6.54 Å². The molecule has 3 amide bonds. The van der Waals surface area contributed by atoms with Gasteiger partial charge in [-0.3, -0.25) is 14.4 Å². The van der Waals surface area contributed by atoms with Gasteiger partial charge >= 0.3 is 5.97 Å². The molecule has 10 nitrogen and oxygen atoms in total. The molecule has 0 aliphatic carbocycles. The van der Waals surface area contributed by atoms with Crippen LogP contribution in [0.5, 0.6) is 5.75 Å². The van der Waals surface area contributed by atoms with E-state index in [0.29, 0.717) is 31.4 Å². The molecular weight excluding hydrogens is 452 g/mol. The zero-order chi connectivity index (χ0) is 26.3. The highest BCUT2D eigenvalue weighted by Gasteiger charge is 2.40. The van der Waals surface area contributed by atoms with Crippen molar-refractivity contribution in [2.45, 2.75) is 77.5 Å². The van der Waals surface area contributed by atoms with Crippen molar-refractivity contribution in [1.82, 2.24) is 15.5 Å². The lowest BCUT2D eigenvalue weighted by Gasteiger charge is -2.32. The van der Waals surface area contributed by atoms with Crippen LogP contribution >= 0.6 is 0 Å². The first-order chi connectivity index (χ1) is 16.5. The van der Waals surface area contributed by atoms with E-state index in [2.05, 4.69) is 10.6 Å². The monoisotopic (exact) mass is 490 g/mol. The van der Waals surface area contributed by atoms with Crippen LogP contribution in [-0.2, 0) is 25.6 Å². The van der Waals surface area contributed by atoms with Crippen LogP contribution in [0.25, 0.3) is 0 Å². The number of aliphatic carboxylic acids is 1. The maximum atomic E-state index is 13.5. The quantitative estimate of drug-likeness (QED) is 0.309. The van der Waals surface area contributed by atoms with E-state index in [1.54, 1.807) is 12.1 Å². The van der Waals surface area contributed by atoms with Gasteiger partial charge in [-0.25, -0.2) is 4.79 Å². The van der Waals surface area contributed by atoms with E-state index in [1.165, 1.54) is 17.0 Å². The van der Waals surface area contributed by atoms with Gasteiger partial charge in [-0.05, 0) is 42.4 Å². The Labute approximate surface area is 206 Å². The van der Waals surface area contributed by atoms with Crippen LogP contribution in [0.2, 0.25) is 0 Å². The van der Waals surface area contributed by atoms with Crippen molar-refractivity contribution >= 4 is 23.7 Å². The van der Waals surface area contributed by atoms with Crippen LogP contribution < -0.4 is 16.4 Å². The second-order valence-electron chi connectivity index (χ2n) is 9.60. The molecule has 1 aromatic rings. The molecule has 1 aliphatic heterocycles. The predicted octanol–water partition coefficient (Wildman–Crippen LogP) is 1.01. The smallest absolute Gasteiger partial charge is 0.326 e. The highest BCUT2D eigenvalue weighted by molar-refractivity contribution is 5.94. The van der Waals surface area contributed by atoms with E-state index in [1.807, 2.05) is 27.7 Å². The summed E-state index contributed by atoms with van der Waals surface area (Å²) in [6.07, 6.45) is 1.65. The fourth-order valence-corrected chi connectivity index (χ4v) is 4.05. The maximum absolute atomic E-state index is 13.5. The highest BCUT2D eigenvalue weighted by Crippen LogP contribution is 2.22. The first-order valence-corrected chi connectivity index (χ1v) is 12.1. The molecule has 1 aliphatic rings. The highest BCUT2D eigenvalue weighted by atomic mass is 16.4. The SMILES string of the molecule is CCC(C)C(NC(=O)C(N)C(C)C)C(=O)N1CCCC1C(=O)NC(Cc1ccc(O)cc1)C(=O)O. The molecule has 1 fully saturated rings. The van der Waals surface area contributed by atoms with E-state index < -0.39 is 42.0 Å². The van der Waals surface area contributed by atoms with Gasteiger partial charge in [0, 0.05) is 13.0 Å². The number of carboxylic acids is 1. The number of nitrogens with two attached hydrogens (primary N) is 1. The molecule has 35 heavy (non-hydrogen) atoms. The molecule has 0 bridgehead atoms. The van der Waals surface area contributed by atoms with Crippen LogP contribution in [0.1, 0.15) is 52.5 Å². The van der Waals surface area contributed by atoms with Gasteiger partial charge in [0.05, 0.1) is 6.04 Å². The van der Waals surface area contributed by atoms with Crippen molar-refractivity contribution in [1.29, 1.82) is 0 Å². The van der Waals surface area contributed by atoms with E-state index in [4.69, 9.17) is 5.73 Å². The van der Waals surface area contributed by atoms with Crippen LogP contribution in [0.3, 0.4) is 0 Å². The fourth-order valence-electron chi connectivity index (χ4n) is 4.05. The summed E-state index contributed by atoms with van der Waals surface area (Å²) in [5, 5.41) is 24.4. The average molecular weight is 491 g/mol. The third kappa shape index (κ3) is 7.42. The van der Waals surface area contributed by atoms with Crippen molar-refractivity contribution < 1.29 is 29.4 Å². The second-order valence-corrected chi connectivity index (χ2v) is 9.60. The van der Waals surface area contributed by atoms with Crippen LogP contribution in [-0.4, -0.2) is 69.5 Å². The Bertz CT molecular complexity index is 904. The summed E-state index contributed by atoms with van der Waals surface area (Å²) in [6.45, 7) is 7.75. The van der Waals surface area contributed by atoms with Crippen LogP contribution in [0, 0.1) is 11.8 Å². The van der Waals surface area contributed by atoms with E-state index in [9.17, 15) is 29.4 Å². The van der Waals surface area contributed by atoms with Gasteiger partial charge in [-0.15, -0.1) is 0 Å². The minimum absolute atomic E-state index is 0.0284. The molecule has 1 heterocycles. The summed E-state index contributed by atoms with van der Waals surface area (Å²) in [7, 11) is 0. The fraction of sp³-hybridized carbons (Fsp3) is 0.600. The topological polar surface area (TPSA) is 162 Å². The van der Waals surface area contributed by atoms with Crippen LogP contribution in [0.4, 0.5) is 0 Å². The Morgan fingerprint density at radius 3 is 2.29 bits per heavy atom. The molecule has 6 N–H and O–H groups in total. The predicted molar refractivity (Wildman–Crippen MR) is 130 cm³/mol. The lowest BCUT2D eigenvalue weighted by atomic mass is 9.96. The largest absolute Gasteiger partial charge is 0.508 e. The molecule has 5 unspecified atom stereocenters. The number of hydrogen-bond acceptors (Lipinski definition) is 6. The normalized spacial score (nSPS) is 19.0. The van der Waals surface area contributed by atoms with Gasteiger partial charge in [0.1, 0.15) is 23.9 Å². The molecule has 2 rings (SSSR count). The number of hydrogen-bond donors (Lipinski definition) is 5. The number of phenolic OH excluding ortho intramolecular Hbond substituents is 1. The summed E-state index contributed by atoms with van der Waals surface area (Å²) in [5.74, 6) is -2.76. The number of aromatic hydroxyl groups is 1. The Balaban J connectivity index is 2.15. The molecular formula is C25H38N4O6. The summed E-state index contributed by atoms with van der Waals surface area (Å²) in [5.41, 5.74) is 6.60. The molecule has 10 heteroatoms. The molecule has 5 atom stereocenters. The van der Waals surface area contributed by atoms with E-state index in [0.717, 1.165) is 0 Å². The van der Waals surface area contributed by atoms with Crippen molar-refractivity contribution in [2.24, 2.45) is 17.6 Å². The minimum Gasteiger partial charge on any atom is -0.508 e. The Hall–Kier alpha value is -3.14. The van der Waals surface area contributed by atoms with E-state index in [-0.39, 0.29) is 29.9 Å². The standard InChI is InChI=1S/C25H38N4O6/c1-5-15(4)21(28-23(32)20(26)14(2)3)24(33)29-12-6-7-19(29)22(31)27-18(25(34)35)13-16-8-10-17(30)11-9-16/h8-11,14-15,18-21,30H,5-7,12-13,26H2,1-4H3,(H,27,31)(H,28,32)(H,34,35). The van der Waals surface area contributed by atoms with Gasteiger partial charge < -0.3 is 31.5 Å². The summed E-state index contributed by atoms with van der Waals surface area (Å²) in [4.78, 5) is 52.4. The lowest BCUT2D eigenvalue weighted by molar-refractivity contribution is -0.145. The summed E-state index contributed by atoms with van der Waals surface area (Å²) >= 11 is 0. The Morgan fingerprint density at radius 2 is 1.74 bits per heavy atom. The van der Waals surface area contributed by atoms with Crippen LogP contribution in [0.15, 0.2) is 24.3 Å². The first kappa shape index (κ1) is 28.1. The number of carbonyl (C=O) groups is 4. The zero-order valence-electron chi connectivity index (χ0n) is 20.9. The van der Waals surface area contributed by atoms with Crippen molar-refractivity contribution in [3.8, 4) is 5.75 Å². The number of benzene rings is 1. The Morgan fingerprint density at radius 1 is 1.11 bits per heavy atom. The first-order valence-electron chi connectivity index (χ1n) is 12.1. The number of carboxylic acid groups (broad SMARTS) is 1. The Kier molecular flexibility index (Phi) is 10.1. The number of nitrogens with one attached hydrogen (secondary N) is 2. The van der Waals surface area contributed by atoms with Gasteiger partial charge in [-0.2, -0.15) is 0 Å². The van der Waals surface area contributed by atoms with Gasteiger partial charge in [-0.1, -0.05) is 46.2 Å². The minimum atomic E-state index is -1.20. The number of likely N-dealkylation sites (tertiary alicyclic amines) is 1. The lowest BCUT2D eigenvalue weighted by Crippen LogP contribution is -2.59. The maximum Gasteiger partial charge on any atom is 0.326 e. The number of carbonyl (C=O) groups excluding carboxylic acids is 3. The molecule has 0 aromatic heterocycles. The average Bonchev–Trinajstić information content (AvgIpc) is 3.31. The number of rotatable bonds is 11. The molecule has 194 valence electrons. The van der Waals surface area contributed by atoms with Gasteiger partial charge in [0.15, 0.2) is 0 Å². The number of phenols is 1. The molecule has 0 saturated carbocycles. The van der Waals surface area contributed by atoms with Crippen molar-refractivity contribution in [3.63, 3.8) is 0 Å². The number of nitrogens with zero attached hydrogens (tertiary/aromatic N) is 1. The summed E-state index contributed by atoms with van der Waals surface area (Å²) in [6, 6.07) is 2.45. The zero-order valence-corrected chi connectivity index (χ0v) is 20.9. The van der Waals surface area contributed by atoms with Crippen molar-refractivity contribution in [3.05, 3.63) is 29.8 Å². The number of amides is 3. The van der Waals surface area contributed by atoms with Gasteiger partial charge in [0.25, 0.3) is 0 Å².